The molecule has 88 valence electrons. The summed E-state index contributed by atoms with van der Waals surface area (Å²) in [5.74, 6) is -1.38. The zero-order chi connectivity index (χ0) is 12.3. The number of phenols is 1. The molecule has 0 spiro atoms. The number of benzene rings is 1. The standard InChI is InChI=1S/C11H15FN2O2/c1-11(2,13)6-14-10(16)8-5-7(12)3-4-9(8)15/h3-5,15H,6,13H2,1-2H3,(H,14,16). The average molecular weight is 226 g/mol. The molecule has 0 heterocycles. The summed E-state index contributed by atoms with van der Waals surface area (Å²) < 4.78 is 12.9. The molecule has 1 amide bonds. The van der Waals surface area contributed by atoms with E-state index in [1.165, 1.54) is 0 Å². The van der Waals surface area contributed by atoms with Gasteiger partial charge in [-0.2, -0.15) is 0 Å². The van der Waals surface area contributed by atoms with Crippen molar-refractivity contribution in [2.75, 3.05) is 6.54 Å². The largest absolute Gasteiger partial charge is 0.507 e. The van der Waals surface area contributed by atoms with Gasteiger partial charge < -0.3 is 16.2 Å². The van der Waals surface area contributed by atoms with E-state index in [0.717, 1.165) is 18.2 Å². The summed E-state index contributed by atoms with van der Waals surface area (Å²) in [4.78, 5) is 11.6. The minimum absolute atomic E-state index is 0.0933. The van der Waals surface area contributed by atoms with E-state index in [0.29, 0.717) is 0 Å². The van der Waals surface area contributed by atoms with Gasteiger partial charge in [-0.05, 0) is 32.0 Å². The lowest BCUT2D eigenvalue weighted by atomic mass is 10.1. The first-order valence-corrected chi connectivity index (χ1v) is 4.85. The maximum atomic E-state index is 12.9. The highest BCUT2D eigenvalue weighted by atomic mass is 19.1. The Balaban J connectivity index is 2.77. The van der Waals surface area contributed by atoms with Crippen molar-refractivity contribution in [2.45, 2.75) is 19.4 Å². The van der Waals surface area contributed by atoms with Gasteiger partial charge in [0, 0.05) is 12.1 Å². The summed E-state index contributed by atoms with van der Waals surface area (Å²) in [6, 6.07) is 3.20. The van der Waals surface area contributed by atoms with Crippen molar-refractivity contribution in [3.8, 4) is 5.75 Å². The molecule has 0 aromatic heterocycles. The summed E-state index contributed by atoms with van der Waals surface area (Å²) in [6.45, 7) is 3.74. The van der Waals surface area contributed by atoms with E-state index in [1.807, 2.05) is 0 Å². The number of hydrogen-bond acceptors (Lipinski definition) is 3. The Morgan fingerprint density at radius 3 is 2.75 bits per heavy atom. The van der Waals surface area contributed by atoms with E-state index < -0.39 is 17.3 Å². The van der Waals surface area contributed by atoms with Crippen molar-refractivity contribution < 1.29 is 14.3 Å². The van der Waals surface area contributed by atoms with Crippen molar-refractivity contribution in [3.63, 3.8) is 0 Å². The Morgan fingerprint density at radius 2 is 2.19 bits per heavy atom. The first kappa shape index (κ1) is 12.4. The maximum Gasteiger partial charge on any atom is 0.255 e. The fourth-order valence-corrected chi connectivity index (χ4v) is 1.09. The highest BCUT2D eigenvalue weighted by Crippen LogP contribution is 2.17. The van der Waals surface area contributed by atoms with Crippen LogP contribution >= 0.6 is 0 Å². The fraction of sp³-hybridized carbons (Fsp3) is 0.364. The lowest BCUT2D eigenvalue weighted by Gasteiger charge is -2.19. The van der Waals surface area contributed by atoms with Crippen molar-refractivity contribution in [1.29, 1.82) is 0 Å². The third kappa shape index (κ3) is 3.51. The third-order valence-electron chi connectivity index (χ3n) is 1.91. The molecule has 0 radical (unpaired) electrons. The second-order valence-electron chi connectivity index (χ2n) is 4.33. The predicted molar refractivity (Wildman–Crippen MR) is 58.7 cm³/mol. The van der Waals surface area contributed by atoms with E-state index in [4.69, 9.17) is 5.73 Å². The second kappa shape index (κ2) is 4.49. The Labute approximate surface area is 93.3 Å². The van der Waals surface area contributed by atoms with E-state index >= 15 is 0 Å². The molecule has 0 saturated carbocycles. The lowest BCUT2D eigenvalue weighted by molar-refractivity contribution is 0.0943. The van der Waals surface area contributed by atoms with Gasteiger partial charge in [0.1, 0.15) is 11.6 Å². The Hall–Kier alpha value is -1.62. The number of amides is 1. The molecule has 4 N–H and O–H groups in total. The number of nitrogens with two attached hydrogens (primary N) is 1. The number of carbonyl (C=O) groups is 1. The van der Waals surface area contributed by atoms with Crippen molar-refractivity contribution >= 4 is 5.91 Å². The number of aromatic hydroxyl groups is 1. The van der Waals surface area contributed by atoms with Gasteiger partial charge in [0.15, 0.2) is 0 Å². The Kier molecular flexibility index (Phi) is 3.49. The molecule has 0 aliphatic rings. The molecule has 1 aromatic rings. The number of hydrogen-bond donors (Lipinski definition) is 3. The van der Waals surface area contributed by atoms with Crippen molar-refractivity contribution in [1.82, 2.24) is 5.32 Å². The number of carbonyl (C=O) groups excluding carboxylic acids is 1. The van der Waals surface area contributed by atoms with Gasteiger partial charge in [-0.25, -0.2) is 4.39 Å². The first-order chi connectivity index (χ1) is 7.29. The highest BCUT2D eigenvalue weighted by molar-refractivity contribution is 5.96. The van der Waals surface area contributed by atoms with Crippen LogP contribution < -0.4 is 11.1 Å². The molecule has 5 heteroatoms. The molecule has 4 nitrogen and oxygen atoms in total. The average Bonchev–Trinajstić information content (AvgIpc) is 2.17. The minimum Gasteiger partial charge on any atom is -0.507 e. The van der Waals surface area contributed by atoms with Crippen LogP contribution in [0.3, 0.4) is 0 Å². The molecule has 0 saturated heterocycles. The molecule has 1 aromatic carbocycles. The molecule has 0 unspecified atom stereocenters. The van der Waals surface area contributed by atoms with Gasteiger partial charge in [0.25, 0.3) is 5.91 Å². The minimum atomic E-state index is -0.574. The zero-order valence-corrected chi connectivity index (χ0v) is 9.25. The summed E-state index contributed by atoms with van der Waals surface area (Å²) in [5.41, 5.74) is 5.03. The predicted octanol–water partition coefficient (Wildman–Crippen LogP) is 0.998. The molecule has 0 atom stereocenters. The highest BCUT2D eigenvalue weighted by Gasteiger charge is 2.16. The molecular formula is C11H15FN2O2. The Morgan fingerprint density at radius 1 is 1.56 bits per heavy atom. The van der Waals surface area contributed by atoms with Gasteiger partial charge in [0.2, 0.25) is 0 Å². The SMILES string of the molecule is CC(C)(N)CNC(=O)c1cc(F)ccc1O. The maximum absolute atomic E-state index is 12.9. The Bertz CT molecular complexity index is 399. The van der Waals surface area contributed by atoms with Crippen LogP contribution in [0.25, 0.3) is 0 Å². The molecule has 16 heavy (non-hydrogen) atoms. The molecular weight excluding hydrogens is 211 g/mol. The van der Waals surface area contributed by atoms with Crippen LogP contribution in [0.1, 0.15) is 24.2 Å². The summed E-state index contributed by atoms with van der Waals surface area (Å²) in [5, 5.41) is 11.9. The van der Waals surface area contributed by atoms with E-state index in [-0.39, 0.29) is 17.9 Å². The summed E-state index contributed by atoms with van der Waals surface area (Å²) in [6.07, 6.45) is 0. The van der Waals surface area contributed by atoms with Crippen LogP contribution in [0.5, 0.6) is 5.75 Å². The normalized spacial score (nSPS) is 11.2. The van der Waals surface area contributed by atoms with Crippen LogP contribution in [0.2, 0.25) is 0 Å². The lowest BCUT2D eigenvalue weighted by Crippen LogP contribution is -2.45. The molecule has 1 rings (SSSR count). The number of halogens is 1. The summed E-state index contributed by atoms with van der Waals surface area (Å²) >= 11 is 0. The molecule has 0 bridgehead atoms. The molecule has 0 fully saturated rings. The smallest absolute Gasteiger partial charge is 0.255 e. The summed E-state index contributed by atoms with van der Waals surface area (Å²) in [7, 11) is 0. The van der Waals surface area contributed by atoms with Crippen LogP contribution in [-0.4, -0.2) is 23.1 Å². The third-order valence-corrected chi connectivity index (χ3v) is 1.91. The van der Waals surface area contributed by atoms with Gasteiger partial charge in [0.05, 0.1) is 5.56 Å². The van der Waals surface area contributed by atoms with Crippen molar-refractivity contribution in [3.05, 3.63) is 29.6 Å². The number of rotatable bonds is 3. The molecule has 0 aliphatic carbocycles. The number of phenolic OH excluding ortho intramolecular Hbond substituents is 1. The first-order valence-electron chi connectivity index (χ1n) is 4.85. The van der Waals surface area contributed by atoms with E-state index in [1.54, 1.807) is 13.8 Å². The second-order valence-corrected chi connectivity index (χ2v) is 4.33. The van der Waals surface area contributed by atoms with Gasteiger partial charge in [-0.1, -0.05) is 0 Å². The van der Waals surface area contributed by atoms with Crippen LogP contribution in [-0.2, 0) is 0 Å². The quantitative estimate of drug-likeness (QED) is 0.719. The van der Waals surface area contributed by atoms with Crippen LogP contribution in [0, 0.1) is 5.82 Å². The van der Waals surface area contributed by atoms with Gasteiger partial charge >= 0.3 is 0 Å². The monoisotopic (exact) mass is 226 g/mol. The van der Waals surface area contributed by atoms with Crippen molar-refractivity contribution in [2.24, 2.45) is 5.73 Å². The van der Waals surface area contributed by atoms with E-state index in [9.17, 15) is 14.3 Å². The van der Waals surface area contributed by atoms with Gasteiger partial charge in [-0.15, -0.1) is 0 Å². The van der Waals surface area contributed by atoms with Gasteiger partial charge in [-0.3, -0.25) is 4.79 Å². The van der Waals surface area contributed by atoms with E-state index in [2.05, 4.69) is 5.32 Å². The van der Waals surface area contributed by atoms with Crippen LogP contribution in [0.15, 0.2) is 18.2 Å². The zero-order valence-electron chi connectivity index (χ0n) is 9.25. The molecule has 0 aliphatic heterocycles. The fourth-order valence-electron chi connectivity index (χ4n) is 1.09. The topological polar surface area (TPSA) is 75.3 Å². The van der Waals surface area contributed by atoms with Crippen LogP contribution in [0.4, 0.5) is 4.39 Å². The number of nitrogens with one attached hydrogen (secondary N) is 1.